The predicted octanol–water partition coefficient (Wildman–Crippen LogP) is 2.13. The Morgan fingerprint density at radius 2 is 1.83 bits per heavy atom. The number of aliphatic carboxylic acids is 1. The third-order valence-corrected chi connectivity index (χ3v) is 4.82. The molecule has 1 aromatic carbocycles. The first-order chi connectivity index (χ1) is 10.6. The smallest absolute Gasteiger partial charge is 0.321 e. The summed E-state index contributed by atoms with van der Waals surface area (Å²) in [6.07, 6.45) is 0.154. The lowest BCUT2D eigenvalue weighted by Gasteiger charge is -2.18. The van der Waals surface area contributed by atoms with Crippen molar-refractivity contribution < 1.29 is 27.8 Å². The third kappa shape index (κ3) is 4.98. The number of methoxy groups -OCH3 is 2. The predicted molar refractivity (Wildman–Crippen MR) is 85.8 cm³/mol. The summed E-state index contributed by atoms with van der Waals surface area (Å²) in [5, 5.41) is 9.26. The minimum atomic E-state index is -4.14. The molecule has 0 fully saturated rings. The number of carboxylic acid groups (broad SMARTS) is 1. The SMILES string of the molecule is COc1cc(OC)c(S(=O)(=O)N[C@@H](CC(C)C)C(=O)O)cc1Cl. The van der Waals surface area contributed by atoms with Crippen LogP contribution in [0.5, 0.6) is 11.5 Å². The van der Waals surface area contributed by atoms with Gasteiger partial charge in [0.2, 0.25) is 10.0 Å². The molecule has 0 aliphatic rings. The molecule has 130 valence electrons. The van der Waals surface area contributed by atoms with Gasteiger partial charge in [-0.3, -0.25) is 4.79 Å². The molecule has 1 aromatic rings. The van der Waals surface area contributed by atoms with Crippen LogP contribution in [0.1, 0.15) is 20.3 Å². The zero-order valence-electron chi connectivity index (χ0n) is 13.3. The van der Waals surface area contributed by atoms with E-state index in [-0.39, 0.29) is 33.8 Å². The number of ether oxygens (including phenoxy) is 2. The van der Waals surface area contributed by atoms with E-state index < -0.39 is 22.0 Å². The molecule has 1 atom stereocenters. The van der Waals surface area contributed by atoms with Gasteiger partial charge in [-0.1, -0.05) is 25.4 Å². The van der Waals surface area contributed by atoms with Crippen molar-refractivity contribution in [1.82, 2.24) is 4.72 Å². The van der Waals surface area contributed by atoms with E-state index >= 15 is 0 Å². The molecule has 0 amide bonds. The van der Waals surface area contributed by atoms with Crippen molar-refractivity contribution in [2.45, 2.75) is 31.2 Å². The summed E-state index contributed by atoms with van der Waals surface area (Å²) in [6.45, 7) is 3.60. The highest BCUT2D eigenvalue weighted by atomic mass is 35.5. The van der Waals surface area contributed by atoms with Gasteiger partial charge in [0, 0.05) is 6.07 Å². The van der Waals surface area contributed by atoms with E-state index in [0.29, 0.717) is 0 Å². The molecule has 0 saturated carbocycles. The number of rotatable bonds is 8. The zero-order valence-corrected chi connectivity index (χ0v) is 14.9. The highest BCUT2D eigenvalue weighted by Crippen LogP contribution is 2.35. The molecule has 0 aromatic heterocycles. The van der Waals surface area contributed by atoms with Crippen LogP contribution in [0, 0.1) is 5.92 Å². The van der Waals surface area contributed by atoms with Crippen molar-refractivity contribution >= 4 is 27.6 Å². The van der Waals surface area contributed by atoms with Crippen molar-refractivity contribution in [2.24, 2.45) is 5.92 Å². The van der Waals surface area contributed by atoms with Gasteiger partial charge in [-0.25, -0.2) is 8.42 Å². The minimum Gasteiger partial charge on any atom is -0.495 e. The maximum absolute atomic E-state index is 12.5. The summed E-state index contributed by atoms with van der Waals surface area (Å²) < 4.78 is 37.2. The molecule has 0 aliphatic heterocycles. The number of hydrogen-bond acceptors (Lipinski definition) is 5. The van der Waals surface area contributed by atoms with Crippen LogP contribution in [0.25, 0.3) is 0 Å². The first-order valence-corrected chi connectivity index (χ1v) is 8.65. The molecule has 0 unspecified atom stereocenters. The monoisotopic (exact) mass is 365 g/mol. The molecule has 1 rings (SSSR count). The fourth-order valence-electron chi connectivity index (χ4n) is 1.96. The molecule has 0 aliphatic carbocycles. The van der Waals surface area contributed by atoms with Crippen LogP contribution in [0.4, 0.5) is 0 Å². The average Bonchev–Trinajstić information content (AvgIpc) is 2.45. The number of sulfonamides is 1. The van der Waals surface area contributed by atoms with Crippen molar-refractivity contribution in [1.29, 1.82) is 0 Å². The van der Waals surface area contributed by atoms with Crippen LogP contribution in [-0.2, 0) is 14.8 Å². The lowest BCUT2D eigenvalue weighted by atomic mass is 10.1. The maximum atomic E-state index is 12.5. The van der Waals surface area contributed by atoms with Crippen molar-refractivity contribution in [3.05, 3.63) is 17.2 Å². The molecule has 2 N–H and O–H groups in total. The second kappa shape index (κ2) is 7.85. The normalized spacial score (nSPS) is 13.0. The van der Waals surface area contributed by atoms with Gasteiger partial charge in [-0.05, 0) is 18.4 Å². The molecule has 23 heavy (non-hydrogen) atoms. The van der Waals surface area contributed by atoms with Gasteiger partial charge >= 0.3 is 5.97 Å². The van der Waals surface area contributed by atoms with Gasteiger partial charge in [0.15, 0.2) is 0 Å². The van der Waals surface area contributed by atoms with Crippen LogP contribution in [0.2, 0.25) is 5.02 Å². The Hall–Kier alpha value is -1.51. The topological polar surface area (TPSA) is 102 Å². The third-order valence-electron chi connectivity index (χ3n) is 3.03. The van der Waals surface area contributed by atoms with Crippen LogP contribution in [0.3, 0.4) is 0 Å². The van der Waals surface area contributed by atoms with Gasteiger partial charge < -0.3 is 14.6 Å². The van der Waals surface area contributed by atoms with Gasteiger partial charge in [0.05, 0.1) is 19.2 Å². The Morgan fingerprint density at radius 3 is 2.26 bits per heavy atom. The standard InChI is InChI=1S/C14H20ClNO6S/c1-8(2)5-10(14(17)18)16-23(19,20)13-6-9(15)11(21-3)7-12(13)22-4/h6-8,10,16H,5H2,1-4H3,(H,17,18)/t10-/m0/s1. The fraction of sp³-hybridized carbons (Fsp3) is 0.500. The lowest BCUT2D eigenvalue weighted by Crippen LogP contribution is -2.41. The summed E-state index contributed by atoms with van der Waals surface area (Å²) in [5.41, 5.74) is 0. The van der Waals surface area contributed by atoms with Crippen molar-refractivity contribution in [3.8, 4) is 11.5 Å². The molecule has 7 nitrogen and oxygen atoms in total. The Balaban J connectivity index is 3.26. The average molecular weight is 366 g/mol. The van der Waals surface area contributed by atoms with Gasteiger partial charge in [0.1, 0.15) is 22.4 Å². The fourth-order valence-corrected chi connectivity index (χ4v) is 3.65. The number of halogens is 1. The Kier molecular flexibility index (Phi) is 6.67. The summed E-state index contributed by atoms with van der Waals surface area (Å²) >= 11 is 5.96. The molecule has 0 bridgehead atoms. The highest BCUT2D eigenvalue weighted by molar-refractivity contribution is 7.89. The number of nitrogens with one attached hydrogen (secondary N) is 1. The largest absolute Gasteiger partial charge is 0.495 e. The highest BCUT2D eigenvalue weighted by Gasteiger charge is 2.29. The molecule has 0 saturated heterocycles. The van der Waals surface area contributed by atoms with Crippen LogP contribution in [0.15, 0.2) is 17.0 Å². The number of benzene rings is 1. The molecule has 0 spiro atoms. The van der Waals surface area contributed by atoms with E-state index in [4.69, 9.17) is 21.1 Å². The number of hydrogen-bond donors (Lipinski definition) is 2. The zero-order chi connectivity index (χ0) is 17.8. The van der Waals surface area contributed by atoms with Crippen LogP contribution >= 0.6 is 11.6 Å². The van der Waals surface area contributed by atoms with Gasteiger partial charge in [0.25, 0.3) is 0 Å². The lowest BCUT2D eigenvalue weighted by molar-refractivity contribution is -0.139. The Labute approximate surface area is 140 Å². The second-order valence-electron chi connectivity index (χ2n) is 5.28. The van der Waals surface area contributed by atoms with E-state index in [1.165, 1.54) is 20.3 Å². The Morgan fingerprint density at radius 1 is 1.26 bits per heavy atom. The molecule has 0 heterocycles. The van der Waals surface area contributed by atoms with Crippen molar-refractivity contribution in [3.63, 3.8) is 0 Å². The van der Waals surface area contributed by atoms with E-state index in [2.05, 4.69) is 4.72 Å². The summed E-state index contributed by atoms with van der Waals surface area (Å²) in [5.74, 6) is -0.993. The first-order valence-electron chi connectivity index (χ1n) is 6.79. The van der Waals surface area contributed by atoms with E-state index in [9.17, 15) is 18.3 Å². The molecule has 0 radical (unpaired) electrons. The number of carbonyl (C=O) groups is 1. The second-order valence-corrected chi connectivity index (χ2v) is 7.37. The minimum absolute atomic E-state index is 0.000140. The quantitative estimate of drug-likeness (QED) is 0.731. The first kappa shape index (κ1) is 19.5. The van der Waals surface area contributed by atoms with Crippen LogP contribution in [-0.4, -0.2) is 39.8 Å². The van der Waals surface area contributed by atoms with Gasteiger partial charge in [-0.2, -0.15) is 4.72 Å². The maximum Gasteiger partial charge on any atom is 0.321 e. The molecular formula is C14H20ClNO6S. The summed E-state index contributed by atoms with van der Waals surface area (Å²) in [7, 11) is -1.45. The van der Waals surface area contributed by atoms with E-state index in [1.807, 2.05) is 0 Å². The summed E-state index contributed by atoms with van der Waals surface area (Å²) in [6, 6.07) is 1.25. The molecule has 9 heteroatoms. The molecular weight excluding hydrogens is 346 g/mol. The Bertz CT molecular complexity index is 674. The summed E-state index contributed by atoms with van der Waals surface area (Å²) in [4.78, 5) is 11.0. The van der Waals surface area contributed by atoms with Crippen LogP contribution < -0.4 is 14.2 Å². The van der Waals surface area contributed by atoms with Crippen molar-refractivity contribution in [2.75, 3.05) is 14.2 Å². The number of carboxylic acids is 1. The van der Waals surface area contributed by atoms with E-state index in [0.717, 1.165) is 6.07 Å². The van der Waals surface area contributed by atoms with Gasteiger partial charge in [-0.15, -0.1) is 0 Å². The van der Waals surface area contributed by atoms with E-state index in [1.54, 1.807) is 13.8 Å².